The molecule has 0 fully saturated rings. The lowest BCUT2D eigenvalue weighted by atomic mass is 10.1. The zero-order valence-electron chi connectivity index (χ0n) is 10.7. The highest BCUT2D eigenvalue weighted by Crippen LogP contribution is 2.25. The van der Waals surface area contributed by atoms with Gasteiger partial charge in [-0.05, 0) is 42.0 Å². The Labute approximate surface area is 124 Å². The maximum absolute atomic E-state index is 10.1. The highest BCUT2D eigenvalue weighted by molar-refractivity contribution is 9.10. The maximum Gasteiger partial charge on any atom is 0.209 e. The van der Waals surface area contributed by atoms with E-state index < -0.39 is 6.10 Å². The number of aromatic nitrogens is 4. The van der Waals surface area contributed by atoms with Crippen molar-refractivity contribution in [3.05, 3.63) is 34.3 Å². The molecule has 2 aromatic rings. The molecule has 102 valence electrons. The minimum Gasteiger partial charge on any atom is -0.388 e. The van der Waals surface area contributed by atoms with E-state index in [0.29, 0.717) is 5.75 Å². The van der Waals surface area contributed by atoms with Gasteiger partial charge in [-0.2, -0.15) is 0 Å². The van der Waals surface area contributed by atoms with E-state index in [1.54, 1.807) is 4.68 Å². The molecule has 1 atom stereocenters. The third-order valence-electron chi connectivity index (χ3n) is 2.58. The van der Waals surface area contributed by atoms with E-state index in [0.717, 1.165) is 15.2 Å². The van der Waals surface area contributed by atoms with Crippen LogP contribution in [0.3, 0.4) is 0 Å². The third kappa shape index (κ3) is 3.77. The summed E-state index contributed by atoms with van der Waals surface area (Å²) in [7, 11) is 0. The first-order valence-corrected chi connectivity index (χ1v) is 7.70. The third-order valence-corrected chi connectivity index (χ3v) is 4.11. The molecule has 1 aromatic carbocycles. The second-order valence-electron chi connectivity index (χ2n) is 4.38. The van der Waals surface area contributed by atoms with E-state index in [-0.39, 0.29) is 6.04 Å². The monoisotopic (exact) mass is 342 g/mol. The van der Waals surface area contributed by atoms with Crippen molar-refractivity contribution in [2.24, 2.45) is 0 Å². The molecule has 0 amide bonds. The molecule has 0 spiro atoms. The average Bonchev–Trinajstić information content (AvgIpc) is 2.85. The number of tetrazole rings is 1. The van der Waals surface area contributed by atoms with E-state index in [4.69, 9.17) is 0 Å². The highest BCUT2D eigenvalue weighted by atomic mass is 79.9. The average molecular weight is 343 g/mol. The Kier molecular flexibility index (Phi) is 4.95. The number of thioether (sulfide) groups is 1. The normalized spacial score (nSPS) is 12.9. The smallest absolute Gasteiger partial charge is 0.209 e. The largest absolute Gasteiger partial charge is 0.388 e. The lowest BCUT2D eigenvalue weighted by molar-refractivity contribution is 0.204. The molecule has 19 heavy (non-hydrogen) atoms. The van der Waals surface area contributed by atoms with Gasteiger partial charge in [0, 0.05) is 10.2 Å². The van der Waals surface area contributed by atoms with Crippen LogP contribution in [-0.2, 0) is 0 Å². The summed E-state index contributed by atoms with van der Waals surface area (Å²) in [6.07, 6.45) is -0.532. The summed E-state index contributed by atoms with van der Waals surface area (Å²) in [6, 6.07) is 7.85. The minimum atomic E-state index is -0.532. The van der Waals surface area contributed by atoms with Crippen LogP contribution in [0.1, 0.15) is 31.6 Å². The molecule has 1 N–H and O–H groups in total. The van der Waals surface area contributed by atoms with Gasteiger partial charge in [0.1, 0.15) is 0 Å². The fourth-order valence-corrected chi connectivity index (χ4v) is 2.78. The van der Waals surface area contributed by atoms with Crippen LogP contribution in [0.4, 0.5) is 0 Å². The van der Waals surface area contributed by atoms with Crippen LogP contribution < -0.4 is 0 Å². The second kappa shape index (κ2) is 6.49. The molecule has 1 aromatic heterocycles. The lowest BCUT2D eigenvalue weighted by Crippen LogP contribution is -2.07. The van der Waals surface area contributed by atoms with Crippen LogP contribution in [0.5, 0.6) is 0 Å². The van der Waals surface area contributed by atoms with E-state index in [9.17, 15) is 5.11 Å². The predicted octanol–water partition coefficient (Wildman–Crippen LogP) is 2.84. The molecule has 0 aliphatic rings. The predicted molar refractivity (Wildman–Crippen MR) is 78.0 cm³/mol. The van der Waals surface area contributed by atoms with Crippen molar-refractivity contribution in [2.45, 2.75) is 31.1 Å². The van der Waals surface area contributed by atoms with E-state index in [1.165, 1.54) is 11.8 Å². The molecule has 7 heteroatoms. The van der Waals surface area contributed by atoms with Gasteiger partial charge in [-0.15, -0.1) is 5.10 Å². The zero-order chi connectivity index (χ0) is 13.8. The van der Waals surface area contributed by atoms with Gasteiger partial charge in [0.25, 0.3) is 0 Å². The maximum atomic E-state index is 10.1. The van der Waals surface area contributed by atoms with Crippen LogP contribution in [0.15, 0.2) is 33.9 Å². The van der Waals surface area contributed by atoms with Crippen molar-refractivity contribution in [1.82, 2.24) is 20.2 Å². The first kappa shape index (κ1) is 14.5. The fraction of sp³-hybridized carbons (Fsp3) is 0.417. The Morgan fingerprint density at radius 3 is 2.63 bits per heavy atom. The number of halogens is 1. The summed E-state index contributed by atoms with van der Waals surface area (Å²) >= 11 is 4.83. The van der Waals surface area contributed by atoms with Gasteiger partial charge < -0.3 is 5.11 Å². The van der Waals surface area contributed by atoms with Gasteiger partial charge in [-0.1, -0.05) is 39.8 Å². The van der Waals surface area contributed by atoms with Gasteiger partial charge in [0.2, 0.25) is 5.16 Å². The Hall–Kier alpha value is -0.920. The number of nitrogens with zero attached hydrogens (tertiary/aromatic N) is 4. The molecule has 5 nitrogen and oxygen atoms in total. The first-order chi connectivity index (χ1) is 9.08. The molecule has 0 radical (unpaired) electrons. The molecule has 0 bridgehead atoms. The Bertz CT molecular complexity index is 529. The summed E-state index contributed by atoms with van der Waals surface area (Å²) in [5.74, 6) is 0.523. The van der Waals surface area contributed by atoms with Crippen LogP contribution >= 0.6 is 27.7 Å². The number of aliphatic hydroxyl groups is 1. The minimum absolute atomic E-state index is 0.210. The first-order valence-electron chi connectivity index (χ1n) is 5.92. The lowest BCUT2D eigenvalue weighted by Gasteiger charge is -2.11. The van der Waals surface area contributed by atoms with Gasteiger partial charge in [0.05, 0.1) is 12.1 Å². The molecular weight excluding hydrogens is 328 g/mol. The number of hydrogen-bond acceptors (Lipinski definition) is 5. The molecule has 1 heterocycles. The van der Waals surface area contributed by atoms with Crippen molar-refractivity contribution in [2.75, 3.05) is 5.75 Å². The summed E-state index contributed by atoms with van der Waals surface area (Å²) in [6.45, 7) is 4.04. The van der Waals surface area contributed by atoms with Crippen LogP contribution in [-0.4, -0.2) is 31.1 Å². The summed E-state index contributed by atoms with van der Waals surface area (Å²) in [5, 5.41) is 22.4. The van der Waals surface area contributed by atoms with Gasteiger partial charge >= 0.3 is 0 Å². The molecule has 0 aliphatic carbocycles. The topological polar surface area (TPSA) is 63.8 Å². The number of hydrogen-bond donors (Lipinski definition) is 1. The molecule has 0 saturated heterocycles. The van der Waals surface area contributed by atoms with Crippen molar-refractivity contribution >= 4 is 27.7 Å². The quantitative estimate of drug-likeness (QED) is 0.846. The van der Waals surface area contributed by atoms with Crippen molar-refractivity contribution < 1.29 is 5.11 Å². The molecular formula is C12H15BrN4OS. The standard InChI is InChI=1S/C12H15BrN4OS/c1-8(2)17-12(14-15-16-17)19-7-11(18)9-3-5-10(13)6-4-9/h3-6,8,11,18H,7H2,1-2H3. The Morgan fingerprint density at radius 2 is 2.00 bits per heavy atom. The van der Waals surface area contributed by atoms with Crippen LogP contribution in [0.25, 0.3) is 0 Å². The van der Waals surface area contributed by atoms with Crippen molar-refractivity contribution in [3.63, 3.8) is 0 Å². The summed E-state index contributed by atoms with van der Waals surface area (Å²) in [5.41, 5.74) is 0.888. The van der Waals surface area contributed by atoms with Crippen LogP contribution in [0.2, 0.25) is 0 Å². The van der Waals surface area contributed by atoms with Gasteiger partial charge in [-0.25, -0.2) is 4.68 Å². The van der Waals surface area contributed by atoms with Crippen LogP contribution in [0, 0.1) is 0 Å². The SMILES string of the molecule is CC(C)n1nnnc1SCC(O)c1ccc(Br)cc1. The van der Waals surface area contributed by atoms with E-state index >= 15 is 0 Å². The molecule has 0 aliphatic heterocycles. The Morgan fingerprint density at radius 1 is 1.32 bits per heavy atom. The van der Waals surface area contributed by atoms with E-state index in [1.807, 2.05) is 38.1 Å². The Balaban J connectivity index is 1.98. The number of benzene rings is 1. The molecule has 2 rings (SSSR count). The van der Waals surface area contributed by atoms with Crippen molar-refractivity contribution in [1.29, 1.82) is 0 Å². The van der Waals surface area contributed by atoms with E-state index in [2.05, 4.69) is 31.5 Å². The molecule has 1 unspecified atom stereocenters. The highest BCUT2D eigenvalue weighted by Gasteiger charge is 2.13. The summed E-state index contributed by atoms with van der Waals surface area (Å²) in [4.78, 5) is 0. The number of aliphatic hydroxyl groups excluding tert-OH is 1. The van der Waals surface area contributed by atoms with Gasteiger partial charge in [-0.3, -0.25) is 0 Å². The molecule has 0 saturated carbocycles. The number of rotatable bonds is 5. The van der Waals surface area contributed by atoms with Crippen molar-refractivity contribution in [3.8, 4) is 0 Å². The zero-order valence-corrected chi connectivity index (χ0v) is 13.1. The summed E-state index contributed by atoms with van der Waals surface area (Å²) < 4.78 is 2.75. The second-order valence-corrected chi connectivity index (χ2v) is 6.28. The van der Waals surface area contributed by atoms with Gasteiger partial charge in [0.15, 0.2) is 0 Å². The fourth-order valence-electron chi connectivity index (χ4n) is 1.54.